The van der Waals surface area contributed by atoms with Crippen molar-refractivity contribution in [1.29, 1.82) is 0 Å². The van der Waals surface area contributed by atoms with E-state index in [4.69, 9.17) is 4.74 Å². The predicted molar refractivity (Wildman–Crippen MR) is 119 cm³/mol. The zero-order valence-electron chi connectivity index (χ0n) is 17.9. The van der Waals surface area contributed by atoms with Crippen LogP contribution in [0, 0.1) is 13.8 Å². The van der Waals surface area contributed by atoms with Crippen LogP contribution in [-0.4, -0.2) is 65.5 Å². The first-order chi connectivity index (χ1) is 14.5. The van der Waals surface area contributed by atoms with Gasteiger partial charge in [-0.3, -0.25) is 14.6 Å². The van der Waals surface area contributed by atoms with Crippen LogP contribution in [0.5, 0.6) is 5.75 Å². The number of carbonyl (C=O) groups excluding carboxylic acids is 1. The fourth-order valence-electron chi connectivity index (χ4n) is 3.84. The van der Waals surface area contributed by atoms with Crippen molar-refractivity contribution in [2.75, 3.05) is 45.2 Å². The Labute approximate surface area is 177 Å². The second-order valence-corrected chi connectivity index (χ2v) is 7.91. The lowest BCUT2D eigenvalue weighted by Crippen LogP contribution is -2.48. The molecule has 7 nitrogen and oxygen atoms in total. The number of hydrogen-bond donors (Lipinski definition) is 2. The van der Waals surface area contributed by atoms with Gasteiger partial charge in [0.05, 0.1) is 31.2 Å². The molecule has 0 radical (unpaired) electrons. The molecule has 1 aromatic heterocycles. The molecule has 1 saturated heterocycles. The third-order valence-corrected chi connectivity index (χ3v) is 5.82. The first-order valence-electron chi connectivity index (χ1n) is 10.4. The number of nitrogens with zero attached hydrogens (tertiary/aromatic N) is 3. The molecule has 0 saturated carbocycles. The van der Waals surface area contributed by atoms with Gasteiger partial charge in [-0.15, -0.1) is 0 Å². The fraction of sp³-hybridized carbons (Fsp3) is 0.391. The summed E-state index contributed by atoms with van der Waals surface area (Å²) in [6.07, 6.45) is 0. The normalized spacial score (nSPS) is 15.4. The number of ether oxygens (including phenoxy) is 1. The molecule has 0 atom stereocenters. The number of aromatic nitrogens is 2. The van der Waals surface area contributed by atoms with Gasteiger partial charge in [0.2, 0.25) is 5.91 Å². The zero-order valence-corrected chi connectivity index (χ0v) is 17.9. The molecule has 0 aliphatic carbocycles. The van der Waals surface area contributed by atoms with Gasteiger partial charge in [-0.05, 0) is 43.2 Å². The molecule has 1 aliphatic rings. The summed E-state index contributed by atoms with van der Waals surface area (Å²) in [5.74, 6) is 1.83. The second kappa shape index (κ2) is 8.85. The summed E-state index contributed by atoms with van der Waals surface area (Å²) in [6.45, 7) is 8.86. The molecular weight excluding hydrogens is 378 g/mol. The highest BCUT2D eigenvalue weighted by Gasteiger charge is 2.20. The molecule has 4 rings (SSSR count). The minimum atomic E-state index is 0.0448. The number of imidazole rings is 1. The third-order valence-electron chi connectivity index (χ3n) is 5.82. The lowest BCUT2D eigenvalue weighted by Gasteiger charge is -2.33. The molecule has 2 heterocycles. The van der Waals surface area contributed by atoms with Crippen LogP contribution < -0.4 is 10.1 Å². The van der Waals surface area contributed by atoms with Crippen molar-refractivity contribution < 1.29 is 9.53 Å². The van der Waals surface area contributed by atoms with E-state index in [1.165, 1.54) is 5.56 Å². The van der Waals surface area contributed by atoms with Crippen LogP contribution in [0.1, 0.15) is 17.0 Å². The number of rotatable bonds is 6. The monoisotopic (exact) mass is 407 g/mol. The Balaban J connectivity index is 1.27. The van der Waals surface area contributed by atoms with Crippen LogP contribution in [0.3, 0.4) is 0 Å². The van der Waals surface area contributed by atoms with Crippen molar-refractivity contribution >= 4 is 22.6 Å². The van der Waals surface area contributed by atoms with E-state index in [0.29, 0.717) is 6.54 Å². The van der Waals surface area contributed by atoms with Gasteiger partial charge in [-0.1, -0.05) is 12.1 Å². The van der Waals surface area contributed by atoms with Crippen molar-refractivity contribution in [3.8, 4) is 5.75 Å². The van der Waals surface area contributed by atoms with Crippen molar-refractivity contribution in [2.24, 2.45) is 0 Å². The molecule has 2 N–H and O–H groups in total. The van der Waals surface area contributed by atoms with Gasteiger partial charge in [-0.25, -0.2) is 4.98 Å². The number of carbonyl (C=O) groups is 1. The lowest BCUT2D eigenvalue weighted by atomic mass is 10.1. The van der Waals surface area contributed by atoms with Gasteiger partial charge in [0.15, 0.2) is 0 Å². The molecule has 3 aromatic rings. The molecule has 158 valence electrons. The molecule has 30 heavy (non-hydrogen) atoms. The summed E-state index contributed by atoms with van der Waals surface area (Å²) in [6, 6.07) is 11.9. The van der Waals surface area contributed by atoms with Crippen molar-refractivity contribution in [3.05, 3.63) is 53.3 Å². The Morgan fingerprint density at radius 3 is 2.67 bits per heavy atom. The summed E-state index contributed by atoms with van der Waals surface area (Å²) in [5, 5.41) is 3.05. The predicted octanol–water partition coefficient (Wildman–Crippen LogP) is 2.94. The minimum Gasteiger partial charge on any atom is -0.497 e. The number of fused-ring (bicyclic) bond motifs is 1. The van der Waals surface area contributed by atoms with E-state index in [-0.39, 0.29) is 5.91 Å². The summed E-state index contributed by atoms with van der Waals surface area (Å²) in [5.41, 5.74) is 5.16. The van der Waals surface area contributed by atoms with E-state index in [9.17, 15) is 4.79 Å². The Morgan fingerprint density at radius 1 is 1.13 bits per heavy atom. The molecular formula is C23H29N5O2. The van der Waals surface area contributed by atoms with E-state index in [0.717, 1.165) is 66.6 Å². The Hall–Kier alpha value is -2.90. The maximum absolute atomic E-state index is 12.5. The topological polar surface area (TPSA) is 73.5 Å². The van der Waals surface area contributed by atoms with Crippen LogP contribution >= 0.6 is 0 Å². The van der Waals surface area contributed by atoms with E-state index < -0.39 is 0 Å². The molecule has 0 spiro atoms. The maximum Gasteiger partial charge on any atom is 0.238 e. The van der Waals surface area contributed by atoms with E-state index in [1.807, 2.05) is 37.3 Å². The number of aryl methyl sites for hydroxylation is 1. The smallest absolute Gasteiger partial charge is 0.238 e. The number of nitrogens with one attached hydrogen (secondary N) is 2. The van der Waals surface area contributed by atoms with Crippen LogP contribution in [-0.2, 0) is 11.3 Å². The summed E-state index contributed by atoms with van der Waals surface area (Å²) in [7, 11) is 1.67. The van der Waals surface area contributed by atoms with E-state index >= 15 is 0 Å². The molecule has 1 aliphatic heterocycles. The molecule has 0 bridgehead atoms. The number of aromatic amines is 1. The molecule has 1 fully saturated rings. The third kappa shape index (κ3) is 4.63. The van der Waals surface area contributed by atoms with E-state index in [1.54, 1.807) is 7.11 Å². The van der Waals surface area contributed by atoms with Gasteiger partial charge in [0.25, 0.3) is 0 Å². The lowest BCUT2D eigenvalue weighted by molar-refractivity contribution is -0.117. The molecule has 7 heteroatoms. The van der Waals surface area contributed by atoms with Gasteiger partial charge in [-0.2, -0.15) is 0 Å². The van der Waals surface area contributed by atoms with Crippen LogP contribution in [0.4, 0.5) is 5.69 Å². The number of benzene rings is 2. The first-order valence-corrected chi connectivity index (χ1v) is 10.4. The Morgan fingerprint density at radius 2 is 1.90 bits per heavy atom. The molecule has 2 aromatic carbocycles. The molecule has 0 unspecified atom stereocenters. The average Bonchev–Trinajstić information content (AvgIpc) is 3.14. The summed E-state index contributed by atoms with van der Waals surface area (Å²) in [4.78, 5) is 25.1. The number of H-pyrrole nitrogens is 1. The van der Waals surface area contributed by atoms with Crippen LogP contribution in [0.15, 0.2) is 36.4 Å². The second-order valence-electron chi connectivity index (χ2n) is 7.91. The van der Waals surface area contributed by atoms with Crippen molar-refractivity contribution in [1.82, 2.24) is 19.8 Å². The Bertz CT molecular complexity index is 1040. The highest BCUT2D eigenvalue weighted by molar-refractivity contribution is 5.93. The Kier molecular flexibility index (Phi) is 6.01. The number of methoxy groups -OCH3 is 1. The van der Waals surface area contributed by atoms with Crippen LogP contribution in [0.25, 0.3) is 11.0 Å². The number of piperazine rings is 1. The number of amides is 1. The largest absolute Gasteiger partial charge is 0.497 e. The average molecular weight is 408 g/mol. The standard InChI is InChI=1S/C23H29N5O2/c1-16-5-4-6-19(17(16)2)26-23(29)15-28-11-9-27(10-12-28)14-22-24-20-8-7-18(30-3)13-21(20)25-22/h4-8,13H,9-12,14-15H2,1-3H3,(H,24,25)(H,26,29). The number of hydrogen-bond acceptors (Lipinski definition) is 5. The van der Waals surface area contributed by atoms with Crippen molar-refractivity contribution in [2.45, 2.75) is 20.4 Å². The number of anilines is 1. The van der Waals surface area contributed by atoms with Crippen LogP contribution in [0.2, 0.25) is 0 Å². The minimum absolute atomic E-state index is 0.0448. The molecule has 1 amide bonds. The van der Waals surface area contributed by atoms with E-state index in [2.05, 4.69) is 38.1 Å². The summed E-state index contributed by atoms with van der Waals surface area (Å²) < 4.78 is 5.28. The first kappa shape index (κ1) is 20.4. The fourth-order valence-corrected chi connectivity index (χ4v) is 3.84. The SMILES string of the molecule is COc1ccc2nc(CN3CCN(CC(=O)Nc4cccc(C)c4C)CC3)[nH]c2c1. The maximum atomic E-state index is 12.5. The highest BCUT2D eigenvalue weighted by atomic mass is 16.5. The van der Waals surface area contributed by atoms with Crippen molar-refractivity contribution in [3.63, 3.8) is 0 Å². The zero-order chi connectivity index (χ0) is 21.1. The van der Waals surface area contributed by atoms with Gasteiger partial charge in [0.1, 0.15) is 11.6 Å². The van der Waals surface area contributed by atoms with Gasteiger partial charge < -0.3 is 15.0 Å². The quantitative estimate of drug-likeness (QED) is 0.657. The van der Waals surface area contributed by atoms with Gasteiger partial charge >= 0.3 is 0 Å². The summed E-state index contributed by atoms with van der Waals surface area (Å²) >= 11 is 0. The van der Waals surface area contributed by atoms with Gasteiger partial charge in [0, 0.05) is 37.9 Å². The highest BCUT2D eigenvalue weighted by Crippen LogP contribution is 2.20.